The van der Waals surface area contributed by atoms with Crippen molar-refractivity contribution in [2.75, 3.05) is 5.43 Å². The Morgan fingerprint density at radius 2 is 2.18 bits per heavy atom. The van der Waals surface area contributed by atoms with Crippen molar-refractivity contribution in [2.45, 2.75) is 6.92 Å². The fourth-order valence-electron chi connectivity index (χ4n) is 2.79. The number of nitrogens with one attached hydrogen (secondary N) is 2. The van der Waals surface area contributed by atoms with E-state index in [2.05, 4.69) is 30.7 Å². The maximum Gasteiger partial charge on any atom is 0.312 e. The van der Waals surface area contributed by atoms with Crippen molar-refractivity contribution in [3.05, 3.63) is 56.6 Å². The van der Waals surface area contributed by atoms with Crippen LogP contribution in [0.25, 0.3) is 22.1 Å². The Hall–Kier alpha value is -3.79. The number of hydrazone groups is 1. The standard InChI is InChI=1S/C17H12ClN7O3/c1-8-3-2-4-11-13(8)20-16-14(11)22-24-17(21-16)23-19-7-9-5-10(18)6-12(15(9)26)25(27)28/h2-7,26H,1H3,(H2,20,21,23,24)/b19-7-. The molecule has 0 saturated heterocycles. The van der Waals surface area contributed by atoms with Crippen LogP contribution in [0.5, 0.6) is 5.75 Å². The molecule has 0 radical (unpaired) electrons. The summed E-state index contributed by atoms with van der Waals surface area (Å²) in [5.41, 5.74) is 5.30. The zero-order valence-electron chi connectivity index (χ0n) is 14.3. The SMILES string of the molecule is Cc1cccc2c1[nH]c1nc(N/N=C\c3cc(Cl)cc([N+](=O)[O-])c3O)nnc12. The third kappa shape index (κ3) is 3.05. The van der Waals surface area contributed by atoms with Gasteiger partial charge in [-0.05, 0) is 18.6 Å². The van der Waals surface area contributed by atoms with Gasteiger partial charge in [-0.15, -0.1) is 10.2 Å². The van der Waals surface area contributed by atoms with Crippen LogP contribution in [-0.2, 0) is 0 Å². The van der Waals surface area contributed by atoms with E-state index >= 15 is 0 Å². The first-order valence-electron chi connectivity index (χ1n) is 8.01. The van der Waals surface area contributed by atoms with Crippen LogP contribution in [0.4, 0.5) is 11.6 Å². The number of nitrogens with zero attached hydrogens (tertiary/aromatic N) is 5. The number of fused-ring (bicyclic) bond motifs is 3. The van der Waals surface area contributed by atoms with Gasteiger partial charge in [-0.2, -0.15) is 10.1 Å². The third-order valence-corrected chi connectivity index (χ3v) is 4.33. The molecule has 0 saturated carbocycles. The zero-order valence-corrected chi connectivity index (χ0v) is 15.1. The highest BCUT2D eigenvalue weighted by atomic mass is 35.5. The predicted octanol–water partition coefficient (Wildman–Crippen LogP) is 3.53. The molecule has 0 aliphatic carbocycles. The number of aromatic hydroxyl groups is 1. The summed E-state index contributed by atoms with van der Waals surface area (Å²) in [6.45, 7) is 1.98. The van der Waals surface area contributed by atoms with Crippen molar-refractivity contribution in [2.24, 2.45) is 5.10 Å². The third-order valence-electron chi connectivity index (χ3n) is 4.11. The average Bonchev–Trinajstić information content (AvgIpc) is 3.03. The molecule has 0 aliphatic rings. The number of aromatic nitrogens is 4. The van der Waals surface area contributed by atoms with Gasteiger partial charge < -0.3 is 10.1 Å². The molecule has 3 N–H and O–H groups in total. The molecule has 2 aromatic heterocycles. The summed E-state index contributed by atoms with van der Waals surface area (Å²) in [6.07, 6.45) is 1.18. The molecule has 10 nitrogen and oxygen atoms in total. The minimum Gasteiger partial charge on any atom is -0.502 e. The number of halogens is 1. The number of aryl methyl sites for hydroxylation is 1. The Kier molecular flexibility index (Phi) is 4.24. The lowest BCUT2D eigenvalue weighted by Gasteiger charge is -2.01. The van der Waals surface area contributed by atoms with Crippen LogP contribution in [0.3, 0.4) is 0 Å². The van der Waals surface area contributed by atoms with Crippen molar-refractivity contribution in [3.8, 4) is 5.75 Å². The maximum absolute atomic E-state index is 10.9. The van der Waals surface area contributed by atoms with Gasteiger partial charge in [0.05, 0.1) is 16.7 Å². The van der Waals surface area contributed by atoms with E-state index in [1.165, 1.54) is 12.3 Å². The molecule has 2 aromatic carbocycles. The molecule has 0 aliphatic heterocycles. The summed E-state index contributed by atoms with van der Waals surface area (Å²) in [5, 5.41) is 33.9. The van der Waals surface area contributed by atoms with Gasteiger partial charge in [0, 0.05) is 22.0 Å². The Balaban J connectivity index is 1.63. The van der Waals surface area contributed by atoms with Crippen LogP contribution in [-0.4, -0.2) is 36.4 Å². The highest BCUT2D eigenvalue weighted by Gasteiger charge is 2.17. The van der Waals surface area contributed by atoms with Crippen molar-refractivity contribution in [1.29, 1.82) is 0 Å². The smallest absolute Gasteiger partial charge is 0.312 e. The monoisotopic (exact) mass is 397 g/mol. The van der Waals surface area contributed by atoms with E-state index in [0.29, 0.717) is 11.2 Å². The van der Waals surface area contributed by atoms with E-state index in [1.54, 1.807) is 0 Å². The summed E-state index contributed by atoms with van der Waals surface area (Å²) in [5.74, 6) is -0.426. The summed E-state index contributed by atoms with van der Waals surface area (Å²) >= 11 is 5.84. The molecule has 0 atom stereocenters. The maximum atomic E-state index is 10.9. The van der Waals surface area contributed by atoms with Crippen molar-refractivity contribution in [3.63, 3.8) is 0 Å². The number of aromatic amines is 1. The van der Waals surface area contributed by atoms with E-state index < -0.39 is 16.4 Å². The fraction of sp³-hybridized carbons (Fsp3) is 0.0588. The molecule has 4 rings (SSSR count). The predicted molar refractivity (Wildman–Crippen MR) is 105 cm³/mol. The number of phenols is 1. The Morgan fingerprint density at radius 3 is 2.96 bits per heavy atom. The number of nitro groups is 1. The molecule has 0 fully saturated rings. The van der Waals surface area contributed by atoms with E-state index in [-0.39, 0.29) is 16.5 Å². The Bertz CT molecular complexity index is 1270. The molecular weight excluding hydrogens is 386 g/mol. The number of nitro benzene ring substituents is 1. The summed E-state index contributed by atoms with van der Waals surface area (Å²) in [4.78, 5) is 17.7. The molecule has 0 amide bonds. The first-order chi connectivity index (χ1) is 13.4. The van der Waals surface area contributed by atoms with Gasteiger partial charge in [-0.3, -0.25) is 10.1 Å². The lowest BCUT2D eigenvalue weighted by molar-refractivity contribution is -0.385. The molecule has 4 aromatic rings. The second kappa shape index (κ2) is 6.74. The largest absolute Gasteiger partial charge is 0.502 e. The number of para-hydroxylation sites is 1. The quantitative estimate of drug-likeness (QED) is 0.271. The number of anilines is 1. The number of phenolic OH excluding ortho intramolecular Hbond substituents is 1. The molecule has 140 valence electrons. The van der Waals surface area contributed by atoms with Crippen LogP contribution in [0.2, 0.25) is 5.02 Å². The zero-order chi connectivity index (χ0) is 19.8. The molecule has 11 heteroatoms. The van der Waals surface area contributed by atoms with E-state index in [4.69, 9.17) is 11.6 Å². The number of hydrogen-bond donors (Lipinski definition) is 3. The minimum atomic E-state index is -0.731. The van der Waals surface area contributed by atoms with E-state index in [1.807, 2.05) is 25.1 Å². The Morgan fingerprint density at radius 1 is 1.36 bits per heavy atom. The first kappa shape index (κ1) is 17.6. The van der Waals surface area contributed by atoms with E-state index in [0.717, 1.165) is 22.5 Å². The highest BCUT2D eigenvalue weighted by molar-refractivity contribution is 6.31. The van der Waals surface area contributed by atoms with Crippen LogP contribution < -0.4 is 5.43 Å². The second-order valence-electron chi connectivity index (χ2n) is 5.94. The fourth-order valence-corrected chi connectivity index (χ4v) is 3.01. The summed E-state index contributed by atoms with van der Waals surface area (Å²) in [6, 6.07) is 8.24. The van der Waals surface area contributed by atoms with Gasteiger partial charge in [0.15, 0.2) is 5.65 Å². The van der Waals surface area contributed by atoms with Crippen molar-refractivity contribution in [1.82, 2.24) is 20.2 Å². The number of rotatable bonds is 4. The average molecular weight is 398 g/mol. The summed E-state index contributed by atoms with van der Waals surface area (Å²) < 4.78 is 0. The number of hydrogen-bond acceptors (Lipinski definition) is 8. The molecule has 0 unspecified atom stereocenters. The van der Waals surface area contributed by atoms with Crippen LogP contribution >= 0.6 is 11.6 Å². The van der Waals surface area contributed by atoms with Gasteiger partial charge in [0.1, 0.15) is 5.52 Å². The van der Waals surface area contributed by atoms with Crippen LogP contribution in [0.1, 0.15) is 11.1 Å². The van der Waals surface area contributed by atoms with Gasteiger partial charge in [0.25, 0.3) is 5.95 Å². The van der Waals surface area contributed by atoms with Gasteiger partial charge in [-0.25, -0.2) is 5.43 Å². The lowest BCUT2D eigenvalue weighted by Crippen LogP contribution is -1.99. The van der Waals surface area contributed by atoms with E-state index in [9.17, 15) is 15.2 Å². The minimum absolute atomic E-state index is 0.0713. The molecule has 2 heterocycles. The van der Waals surface area contributed by atoms with Gasteiger partial charge >= 0.3 is 5.69 Å². The normalized spacial score (nSPS) is 11.5. The second-order valence-corrected chi connectivity index (χ2v) is 6.38. The lowest BCUT2D eigenvalue weighted by atomic mass is 10.1. The van der Waals surface area contributed by atoms with Gasteiger partial charge in [0.2, 0.25) is 5.75 Å². The molecule has 0 spiro atoms. The molecule has 0 bridgehead atoms. The topological polar surface area (TPSA) is 142 Å². The number of benzene rings is 2. The van der Waals surface area contributed by atoms with Crippen LogP contribution in [0.15, 0.2) is 35.4 Å². The first-order valence-corrected chi connectivity index (χ1v) is 8.39. The van der Waals surface area contributed by atoms with Crippen molar-refractivity contribution < 1.29 is 10.0 Å². The molecular formula is C17H12ClN7O3. The number of H-pyrrole nitrogens is 1. The molecule has 28 heavy (non-hydrogen) atoms. The van der Waals surface area contributed by atoms with Crippen molar-refractivity contribution >= 4 is 51.5 Å². The summed E-state index contributed by atoms with van der Waals surface area (Å²) in [7, 11) is 0. The highest BCUT2D eigenvalue weighted by Crippen LogP contribution is 2.32. The van der Waals surface area contributed by atoms with Gasteiger partial charge in [-0.1, -0.05) is 29.8 Å². The van der Waals surface area contributed by atoms with Crippen LogP contribution in [0, 0.1) is 17.0 Å². The Labute approximate surface area is 162 Å².